The minimum absolute atomic E-state index is 0.0813. The Hall–Kier alpha value is -4.17. The van der Waals surface area contributed by atoms with Crippen LogP contribution in [0.1, 0.15) is 41.3 Å². The van der Waals surface area contributed by atoms with E-state index in [2.05, 4.69) is 32.3 Å². The summed E-state index contributed by atoms with van der Waals surface area (Å²) in [5, 5.41) is 3.44. The molecule has 0 bridgehead atoms. The van der Waals surface area contributed by atoms with E-state index in [0.717, 1.165) is 45.9 Å². The van der Waals surface area contributed by atoms with Crippen LogP contribution < -0.4 is 20.5 Å². The highest BCUT2D eigenvalue weighted by Crippen LogP contribution is 2.43. The molecule has 0 amide bonds. The topological polar surface area (TPSA) is 79.5 Å². The van der Waals surface area contributed by atoms with Gasteiger partial charge in [-0.1, -0.05) is 18.2 Å². The van der Waals surface area contributed by atoms with Crippen molar-refractivity contribution in [1.82, 2.24) is 9.97 Å². The summed E-state index contributed by atoms with van der Waals surface area (Å²) in [5.74, 6) is 1.14. The number of hydrogen-bond acceptors (Lipinski definition) is 6. The second-order valence-corrected chi connectivity index (χ2v) is 9.40. The minimum atomic E-state index is -0.488. The van der Waals surface area contributed by atoms with Crippen LogP contribution in [-0.2, 0) is 11.2 Å². The molecular formula is C29H27FN4O3. The highest BCUT2D eigenvalue weighted by atomic mass is 19.1. The van der Waals surface area contributed by atoms with Gasteiger partial charge in [0.05, 0.1) is 6.61 Å². The Morgan fingerprint density at radius 3 is 2.92 bits per heavy atom. The Morgan fingerprint density at radius 2 is 2.05 bits per heavy atom. The Bertz CT molecular complexity index is 1500. The Balaban J connectivity index is 1.22. The molecule has 2 aliphatic heterocycles. The third-order valence-electron chi connectivity index (χ3n) is 6.97. The SMILES string of the molecule is CC(Nc1ccc2c(c1)Cc1cccc(C3CN(c4ccc[nH]c4=O)CCO3)c1O2)c1ccnc(F)c1. The first-order valence-corrected chi connectivity index (χ1v) is 12.4. The zero-order valence-electron chi connectivity index (χ0n) is 20.4. The summed E-state index contributed by atoms with van der Waals surface area (Å²) in [6.45, 7) is 3.73. The summed E-state index contributed by atoms with van der Waals surface area (Å²) in [6, 6.07) is 19.0. The van der Waals surface area contributed by atoms with Crippen LogP contribution in [0.4, 0.5) is 15.8 Å². The molecule has 2 aromatic carbocycles. The second kappa shape index (κ2) is 9.71. The van der Waals surface area contributed by atoms with Crippen molar-refractivity contribution in [3.8, 4) is 11.5 Å². The number of morpholine rings is 1. The normalized spacial score (nSPS) is 17.4. The van der Waals surface area contributed by atoms with Crippen molar-refractivity contribution >= 4 is 11.4 Å². The molecule has 1 fully saturated rings. The molecule has 2 unspecified atom stereocenters. The van der Waals surface area contributed by atoms with Gasteiger partial charge in [-0.2, -0.15) is 4.39 Å². The van der Waals surface area contributed by atoms with E-state index < -0.39 is 5.95 Å². The molecule has 1 saturated heterocycles. The maximum atomic E-state index is 13.5. The number of para-hydroxylation sites is 1. The zero-order valence-corrected chi connectivity index (χ0v) is 20.4. The fourth-order valence-corrected chi connectivity index (χ4v) is 5.08. The lowest BCUT2D eigenvalue weighted by molar-refractivity contribution is 0.0383. The lowest BCUT2D eigenvalue weighted by atomic mass is 9.95. The summed E-state index contributed by atoms with van der Waals surface area (Å²) >= 11 is 0. The van der Waals surface area contributed by atoms with E-state index in [4.69, 9.17) is 9.47 Å². The number of rotatable bonds is 5. The van der Waals surface area contributed by atoms with Gasteiger partial charge < -0.3 is 24.7 Å². The van der Waals surface area contributed by atoms with Crippen molar-refractivity contribution in [2.75, 3.05) is 29.9 Å². The van der Waals surface area contributed by atoms with Crippen LogP contribution in [0.3, 0.4) is 0 Å². The monoisotopic (exact) mass is 498 g/mol. The first kappa shape index (κ1) is 23.2. The van der Waals surface area contributed by atoms with Gasteiger partial charge in [0.25, 0.3) is 5.56 Å². The predicted molar refractivity (Wildman–Crippen MR) is 140 cm³/mol. The van der Waals surface area contributed by atoms with Gasteiger partial charge in [-0.3, -0.25) is 4.79 Å². The number of ether oxygens (including phenoxy) is 2. The average molecular weight is 499 g/mol. The number of aromatic nitrogens is 2. The van der Waals surface area contributed by atoms with E-state index in [1.54, 1.807) is 6.20 Å². The molecule has 2 aliphatic rings. The number of benzene rings is 2. The first-order valence-electron chi connectivity index (χ1n) is 12.4. The summed E-state index contributed by atoms with van der Waals surface area (Å²) in [5.41, 5.74) is 5.46. The highest BCUT2D eigenvalue weighted by Gasteiger charge is 2.29. The van der Waals surface area contributed by atoms with Crippen LogP contribution in [0.15, 0.2) is 77.9 Å². The largest absolute Gasteiger partial charge is 0.456 e. The summed E-state index contributed by atoms with van der Waals surface area (Å²) in [4.78, 5) is 20.8. The molecule has 2 aromatic heterocycles. The van der Waals surface area contributed by atoms with Crippen molar-refractivity contribution in [2.45, 2.75) is 25.5 Å². The number of fused-ring (bicyclic) bond motifs is 2. The third-order valence-corrected chi connectivity index (χ3v) is 6.97. The molecule has 2 atom stereocenters. The molecule has 8 heteroatoms. The van der Waals surface area contributed by atoms with Gasteiger partial charge in [0.2, 0.25) is 5.95 Å². The summed E-state index contributed by atoms with van der Waals surface area (Å²) in [6.07, 6.45) is 3.63. The molecule has 0 aliphatic carbocycles. The van der Waals surface area contributed by atoms with Crippen LogP contribution >= 0.6 is 0 Å². The molecule has 4 heterocycles. The summed E-state index contributed by atoms with van der Waals surface area (Å²) in [7, 11) is 0. The van der Waals surface area contributed by atoms with Crippen molar-refractivity contribution in [3.05, 3.63) is 112 Å². The average Bonchev–Trinajstić information content (AvgIpc) is 2.92. The Morgan fingerprint density at radius 1 is 1.14 bits per heavy atom. The van der Waals surface area contributed by atoms with Crippen molar-refractivity contribution < 1.29 is 13.9 Å². The van der Waals surface area contributed by atoms with Crippen molar-refractivity contribution in [2.24, 2.45) is 0 Å². The van der Waals surface area contributed by atoms with Crippen LogP contribution in [0.5, 0.6) is 11.5 Å². The molecule has 0 radical (unpaired) electrons. The van der Waals surface area contributed by atoms with Crippen LogP contribution in [0.2, 0.25) is 0 Å². The van der Waals surface area contributed by atoms with Gasteiger partial charge in [-0.05, 0) is 60.5 Å². The Labute approximate surface area is 213 Å². The number of anilines is 2. The van der Waals surface area contributed by atoms with E-state index in [-0.39, 0.29) is 17.7 Å². The molecular weight excluding hydrogens is 471 g/mol. The van der Waals surface area contributed by atoms with Gasteiger partial charge >= 0.3 is 0 Å². The molecule has 0 spiro atoms. The lowest BCUT2D eigenvalue weighted by Crippen LogP contribution is -2.41. The smallest absolute Gasteiger partial charge is 0.271 e. The van der Waals surface area contributed by atoms with Crippen LogP contribution in [-0.4, -0.2) is 29.7 Å². The minimum Gasteiger partial charge on any atom is -0.456 e. The number of hydrogen-bond donors (Lipinski definition) is 2. The predicted octanol–water partition coefficient (Wildman–Crippen LogP) is 5.36. The summed E-state index contributed by atoms with van der Waals surface area (Å²) < 4.78 is 26.1. The number of aromatic amines is 1. The van der Waals surface area contributed by atoms with E-state index in [1.165, 1.54) is 12.3 Å². The first-order chi connectivity index (χ1) is 18.0. The number of halogens is 1. The van der Waals surface area contributed by atoms with Gasteiger partial charge in [-0.25, -0.2) is 4.98 Å². The second-order valence-electron chi connectivity index (χ2n) is 9.40. The number of nitrogens with one attached hydrogen (secondary N) is 2. The maximum absolute atomic E-state index is 13.5. The molecule has 188 valence electrons. The van der Waals surface area contributed by atoms with Crippen LogP contribution in [0.25, 0.3) is 0 Å². The number of pyridine rings is 2. The van der Waals surface area contributed by atoms with E-state index in [0.29, 0.717) is 25.4 Å². The fourth-order valence-electron chi connectivity index (χ4n) is 5.08. The van der Waals surface area contributed by atoms with Crippen LogP contribution in [0, 0.1) is 5.95 Å². The standard InChI is InChI=1S/C29H27FN4O3/c1-18(19-9-11-31-27(30)16-19)33-22-7-8-25-21(15-22)14-20-4-2-5-23(28(20)37-25)26-17-34(12-13-36-26)24-6-3-10-32-29(24)35/h2-11,15-16,18,26,33H,12-14,17H2,1H3,(H,32,35). The van der Waals surface area contributed by atoms with Gasteiger partial charge in [0.15, 0.2) is 0 Å². The van der Waals surface area contributed by atoms with Gasteiger partial charge in [0, 0.05) is 54.8 Å². The van der Waals surface area contributed by atoms with Gasteiger partial charge in [0.1, 0.15) is 23.3 Å². The molecule has 4 aromatic rings. The fraction of sp³-hybridized carbons (Fsp3) is 0.241. The Kier molecular flexibility index (Phi) is 6.10. The number of H-pyrrole nitrogens is 1. The van der Waals surface area contributed by atoms with E-state index >= 15 is 0 Å². The van der Waals surface area contributed by atoms with E-state index in [1.807, 2.05) is 49.4 Å². The molecule has 37 heavy (non-hydrogen) atoms. The lowest BCUT2D eigenvalue weighted by Gasteiger charge is -2.35. The van der Waals surface area contributed by atoms with Gasteiger partial charge in [-0.15, -0.1) is 0 Å². The van der Waals surface area contributed by atoms with Crippen molar-refractivity contribution in [3.63, 3.8) is 0 Å². The molecule has 7 nitrogen and oxygen atoms in total. The maximum Gasteiger partial charge on any atom is 0.271 e. The molecule has 0 saturated carbocycles. The molecule has 6 rings (SSSR count). The zero-order chi connectivity index (χ0) is 25.4. The highest BCUT2D eigenvalue weighted by molar-refractivity contribution is 5.59. The van der Waals surface area contributed by atoms with Crippen molar-refractivity contribution in [1.29, 1.82) is 0 Å². The number of nitrogens with zero attached hydrogens (tertiary/aromatic N) is 2. The quantitative estimate of drug-likeness (QED) is 0.318. The van der Waals surface area contributed by atoms with E-state index in [9.17, 15) is 9.18 Å². The molecule has 2 N–H and O–H groups in total. The third kappa shape index (κ3) is 4.68.